The highest BCUT2D eigenvalue weighted by Gasteiger charge is 2.52. The summed E-state index contributed by atoms with van der Waals surface area (Å²) in [6, 6.07) is 15.0. The van der Waals surface area contributed by atoms with Gasteiger partial charge in [0.2, 0.25) is 5.91 Å². The summed E-state index contributed by atoms with van der Waals surface area (Å²) in [5.74, 6) is 2.15. The first-order valence-corrected chi connectivity index (χ1v) is 16.0. The predicted molar refractivity (Wildman–Crippen MR) is 165 cm³/mol. The topological polar surface area (TPSA) is 71.6 Å². The van der Waals surface area contributed by atoms with Gasteiger partial charge >= 0.3 is 6.09 Å². The zero-order valence-electron chi connectivity index (χ0n) is 26.4. The summed E-state index contributed by atoms with van der Waals surface area (Å²) in [5, 5.41) is 0. The second-order valence-corrected chi connectivity index (χ2v) is 14.3. The quantitative estimate of drug-likeness (QED) is 0.417. The van der Waals surface area contributed by atoms with Crippen LogP contribution in [0.5, 0.6) is 11.5 Å². The van der Waals surface area contributed by atoms with E-state index in [0.29, 0.717) is 32.2 Å². The van der Waals surface area contributed by atoms with Crippen molar-refractivity contribution < 1.29 is 23.8 Å². The smallest absolute Gasteiger partial charge is 0.410 e. The lowest BCUT2D eigenvalue weighted by molar-refractivity contribution is -0.153. The maximum absolute atomic E-state index is 14.0. The predicted octanol–water partition coefficient (Wildman–Crippen LogP) is 6.15. The molecule has 0 bridgehead atoms. The minimum absolute atomic E-state index is 0.00117. The second kappa shape index (κ2) is 11.7. The number of rotatable bonds is 5. The molecule has 3 fully saturated rings. The molecule has 3 aliphatic heterocycles. The number of ether oxygens (including phenoxy) is 3. The van der Waals surface area contributed by atoms with Crippen molar-refractivity contribution in [2.45, 2.75) is 90.4 Å². The number of piperazine rings is 1. The molecule has 6 rings (SSSR count). The summed E-state index contributed by atoms with van der Waals surface area (Å²) in [4.78, 5) is 33.1. The van der Waals surface area contributed by atoms with E-state index < -0.39 is 5.60 Å². The highest BCUT2D eigenvalue weighted by molar-refractivity contribution is 5.80. The second-order valence-electron chi connectivity index (χ2n) is 14.3. The minimum Gasteiger partial charge on any atom is -0.486 e. The Morgan fingerprint density at radius 2 is 1.72 bits per heavy atom. The zero-order chi connectivity index (χ0) is 30.4. The largest absolute Gasteiger partial charge is 0.486 e. The molecule has 2 aromatic carbocycles. The number of benzene rings is 2. The van der Waals surface area contributed by atoms with Gasteiger partial charge in [-0.05, 0) is 86.6 Å². The van der Waals surface area contributed by atoms with Crippen molar-refractivity contribution in [1.82, 2.24) is 14.7 Å². The van der Waals surface area contributed by atoms with Gasteiger partial charge in [-0.3, -0.25) is 9.69 Å². The number of amides is 2. The maximum Gasteiger partial charge on any atom is 0.410 e. The fraction of sp³-hybridized carbons (Fsp3) is 0.600. The maximum atomic E-state index is 14.0. The highest BCUT2D eigenvalue weighted by atomic mass is 16.6. The van der Waals surface area contributed by atoms with Gasteiger partial charge in [0, 0.05) is 32.2 Å². The average Bonchev–Trinajstić information content (AvgIpc) is 2.95. The van der Waals surface area contributed by atoms with Crippen LogP contribution in [0.25, 0.3) is 0 Å². The fourth-order valence-corrected chi connectivity index (χ4v) is 7.49. The van der Waals surface area contributed by atoms with Crippen molar-refractivity contribution in [3.63, 3.8) is 0 Å². The molecule has 1 spiro atoms. The summed E-state index contributed by atoms with van der Waals surface area (Å²) >= 11 is 0. The molecule has 43 heavy (non-hydrogen) atoms. The van der Waals surface area contributed by atoms with E-state index in [1.54, 1.807) is 0 Å². The van der Waals surface area contributed by atoms with E-state index in [0.717, 1.165) is 62.4 Å². The molecule has 1 atom stereocenters. The average molecular weight is 590 g/mol. The minimum atomic E-state index is -0.486. The molecular formula is C35H47N3O5. The SMILES string of the molecule is CC(C)c1ccccc1C1CN(Cc2ccc3c(c2)OCCO3)CC(=O)N1C1CC2(CCN(C(=O)OC(C)(C)C)CC2)C1. The van der Waals surface area contributed by atoms with Crippen LogP contribution in [0.2, 0.25) is 0 Å². The molecule has 1 saturated carbocycles. The Bertz CT molecular complexity index is 1340. The van der Waals surface area contributed by atoms with Crippen molar-refractivity contribution in [2.24, 2.45) is 5.41 Å². The Kier molecular flexibility index (Phi) is 8.09. The molecule has 3 heterocycles. The van der Waals surface area contributed by atoms with Crippen LogP contribution in [0, 0.1) is 5.41 Å². The van der Waals surface area contributed by atoms with Crippen LogP contribution in [0.4, 0.5) is 4.79 Å². The number of hydrogen-bond acceptors (Lipinski definition) is 6. The van der Waals surface area contributed by atoms with Crippen LogP contribution < -0.4 is 9.47 Å². The molecular weight excluding hydrogens is 542 g/mol. The van der Waals surface area contributed by atoms with Crippen LogP contribution in [-0.2, 0) is 16.1 Å². The van der Waals surface area contributed by atoms with Crippen molar-refractivity contribution >= 4 is 12.0 Å². The number of hydrogen-bond donors (Lipinski definition) is 0. The molecule has 0 radical (unpaired) electrons. The zero-order valence-corrected chi connectivity index (χ0v) is 26.4. The Labute approximate surface area is 256 Å². The van der Waals surface area contributed by atoms with Crippen LogP contribution >= 0.6 is 0 Å². The van der Waals surface area contributed by atoms with Crippen LogP contribution in [0.1, 0.15) is 89.0 Å². The lowest BCUT2D eigenvalue weighted by Gasteiger charge is -2.58. The van der Waals surface area contributed by atoms with E-state index in [-0.39, 0.29) is 29.5 Å². The molecule has 8 nitrogen and oxygen atoms in total. The standard InChI is InChI=1S/C35H47N3O5/c1-24(2)27-8-6-7-9-28(27)29-22-36(21-25-10-11-30-31(18-25)42-17-16-41-30)23-32(39)38(29)26-19-35(20-26)12-14-37(15-13-35)33(40)43-34(3,4)5/h6-11,18,24,26,29H,12-17,19-23H2,1-5H3. The number of nitrogens with zero attached hydrogens (tertiary/aromatic N) is 3. The first-order valence-electron chi connectivity index (χ1n) is 16.0. The van der Waals surface area contributed by atoms with E-state index in [2.05, 4.69) is 60.0 Å². The molecule has 0 N–H and O–H groups in total. The van der Waals surface area contributed by atoms with Gasteiger partial charge in [0.1, 0.15) is 18.8 Å². The molecule has 8 heteroatoms. The van der Waals surface area contributed by atoms with Crippen molar-refractivity contribution in [1.29, 1.82) is 0 Å². The fourth-order valence-electron chi connectivity index (χ4n) is 7.49. The van der Waals surface area contributed by atoms with Crippen molar-refractivity contribution in [2.75, 3.05) is 39.4 Å². The first-order chi connectivity index (χ1) is 20.5. The molecule has 2 saturated heterocycles. The number of carbonyl (C=O) groups is 2. The Morgan fingerprint density at radius 1 is 1.02 bits per heavy atom. The summed E-state index contributed by atoms with van der Waals surface area (Å²) in [6.45, 7) is 14.7. The van der Waals surface area contributed by atoms with Gasteiger partial charge in [-0.25, -0.2) is 4.79 Å². The van der Waals surface area contributed by atoms with Gasteiger partial charge in [-0.1, -0.05) is 44.2 Å². The van der Waals surface area contributed by atoms with E-state index in [9.17, 15) is 9.59 Å². The van der Waals surface area contributed by atoms with Crippen LogP contribution in [0.3, 0.4) is 0 Å². The molecule has 2 amide bonds. The van der Waals surface area contributed by atoms with E-state index in [4.69, 9.17) is 14.2 Å². The third kappa shape index (κ3) is 6.35. The lowest BCUT2D eigenvalue weighted by Crippen LogP contribution is -2.62. The van der Waals surface area contributed by atoms with Gasteiger partial charge in [0.25, 0.3) is 0 Å². The molecule has 4 aliphatic rings. The first kappa shape index (κ1) is 29.8. The number of piperidine rings is 1. The lowest BCUT2D eigenvalue weighted by atomic mass is 9.59. The van der Waals surface area contributed by atoms with Gasteiger partial charge in [-0.2, -0.15) is 0 Å². The van der Waals surface area contributed by atoms with Crippen molar-refractivity contribution in [3.8, 4) is 11.5 Å². The third-order valence-corrected chi connectivity index (χ3v) is 9.61. The van der Waals surface area contributed by atoms with Gasteiger partial charge in [0.05, 0.1) is 12.6 Å². The summed E-state index contributed by atoms with van der Waals surface area (Å²) in [5.41, 5.74) is 3.42. The molecule has 1 aliphatic carbocycles. The monoisotopic (exact) mass is 589 g/mol. The molecule has 2 aromatic rings. The highest BCUT2D eigenvalue weighted by Crippen LogP contribution is 2.53. The summed E-state index contributed by atoms with van der Waals surface area (Å²) in [7, 11) is 0. The number of likely N-dealkylation sites (tertiary alicyclic amines) is 1. The van der Waals surface area contributed by atoms with Crippen molar-refractivity contribution in [3.05, 3.63) is 59.2 Å². The Hall–Kier alpha value is -3.26. The van der Waals surface area contributed by atoms with E-state index >= 15 is 0 Å². The number of fused-ring (bicyclic) bond motifs is 1. The molecule has 1 unspecified atom stereocenters. The Balaban J connectivity index is 1.18. The van der Waals surface area contributed by atoms with E-state index in [1.807, 2.05) is 31.7 Å². The number of carbonyl (C=O) groups excluding carboxylic acids is 2. The van der Waals surface area contributed by atoms with Gasteiger partial charge < -0.3 is 24.0 Å². The third-order valence-electron chi connectivity index (χ3n) is 9.61. The summed E-state index contributed by atoms with van der Waals surface area (Å²) < 4.78 is 17.2. The Morgan fingerprint density at radius 3 is 2.42 bits per heavy atom. The van der Waals surface area contributed by atoms with E-state index in [1.165, 1.54) is 11.1 Å². The molecule has 0 aromatic heterocycles. The van der Waals surface area contributed by atoms with Gasteiger partial charge in [-0.15, -0.1) is 0 Å². The normalized spacial score (nSPS) is 22.6. The summed E-state index contributed by atoms with van der Waals surface area (Å²) in [6.07, 6.45) is 3.72. The van der Waals surface area contributed by atoms with Gasteiger partial charge in [0.15, 0.2) is 11.5 Å². The van der Waals surface area contributed by atoms with Crippen LogP contribution in [-0.4, -0.2) is 77.7 Å². The van der Waals surface area contributed by atoms with Crippen LogP contribution in [0.15, 0.2) is 42.5 Å². The molecule has 232 valence electrons.